The fourth-order valence-corrected chi connectivity index (χ4v) is 5.02. The normalized spacial score (nSPS) is 44.8. The molecule has 3 fully saturated rings. The summed E-state index contributed by atoms with van der Waals surface area (Å²) in [6, 6.07) is 0.627. The number of hydrogen-bond acceptors (Lipinski definition) is 2. The molecule has 2 aliphatic carbocycles. The van der Waals surface area contributed by atoms with Crippen LogP contribution in [0.3, 0.4) is 0 Å². The Morgan fingerprint density at radius 3 is 2.56 bits per heavy atom. The predicted molar refractivity (Wildman–Crippen MR) is 74.6 cm³/mol. The molecule has 104 valence electrons. The van der Waals surface area contributed by atoms with Crippen LogP contribution in [-0.2, 0) is 4.74 Å². The van der Waals surface area contributed by atoms with Crippen LogP contribution in [0.2, 0.25) is 0 Å². The summed E-state index contributed by atoms with van der Waals surface area (Å²) >= 11 is 0. The second-order valence-electron chi connectivity index (χ2n) is 7.89. The Kier molecular flexibility index (Phi) is 3.22. The zero-order chi connectivity index (χ0) is 12.8. The van der Waals surface area contributed by atoms with Crippen molar-refractivity contribution in [2.75, 3.05) is 13.2 Å². The smallest absolute Gasteiger partial charge is 0.0845 e. The van der Waals surface area contributed by atoms with Crippen molar-refractivity contribution in [1.29, 1.82) is 0 Å². The summed E-state index contributed by atoms with van der Waals surface area (Å²) in [6.45, 7) is 9.24. The van der Waals surface area contributed by atoms with Crippen molar-refractivity contribution in [3.05, 3.63) is 0 Å². The molecule has 1 heterocycles. The highest BCUT2D eigenvalue weighted by atomic mass is 16.5. The van der Waals surface area contributed by atoms with Gasteiger partial charge in [-0.1, -0.05) is 27.2 Å². The van der Waals surface area contributed by atoms with Crippen molar-refractivity contribution in [3.8, 4) is 0 Å². The van der Waals surface area contributed by atoms with Gasteiger partial charge in [0.15, 0.2) is 0 Å². The summed E-state index contributed by atoms with van der Waals surface area (Å²) in [6.07, 6.45) is 8.13. The quantitative estimate of drug-likeness (QED) is 0.771. The first-order valence-corrected chi connectivity index (χ1v) is 7.88. The highest BCUT2D eigenvalue weighted by Crippen LogP contribution is 2.51. The first-order chi connectivity index (χ1) is 8.51. The minimum Gasteiger partial charge on any atom is -0.372 e. The average Bonchev–Trinajstić information content (AvgIpc) is 2.15. The van der Waals surface area contributed by atoms with Crippen LogP contribution in [-0.4, -0.2) is 24.8 Å². The Morgan fingerprint density at radius 2 is 1.94 bits per heavy atom. The molecule has 2 nitrogen and oxygen atoms in total. The summed E-state index contributed by atoms with van der Waals surface area (Å²) in [5, 5.41) is 3.81. The van der Waals surface area contributed by atoms with Crippen LogP contribution in [0.15, 0.2) is 0 Å². The number of ether oxygens (including phenoxy) is 1. The molecule has 0 radical (unpaired) electrons. The van der Waals surface area contributed by atoms with Gasteiger partial charge in [0.2, 0.25) is 0 Å². The molecule has 3 atom stereocenters. The lowest BCUT2D eigenvalue weighted by Gasteiger charge is -2.56. The molecule has 3 unspecified atom stereocenters. The first kappa shape index (κ1) is 12.9. The van der Waals surface area contributed by atoms with Crippen molar-refractivity contribution in [2.45, 2.75) is 70.9 Å². The molecule has 1 spiro atoms. The van der Waals surface area contributed by atoms with Gasteiger partial charge in [0.05, 0.1) is 12.2 Å². The number of morpholine rings is 1. The zero-order valence-electron chi connectivity index (χ0n) is 12.3. The van der Waals surface area contributed by atoms with E-state index in [4.69, 9.17) is 4.74 Å². The van der Waals surface area contributed by atoms with E-state index in [1.165, 1.54) is 38.5 Å². The van der Waals surface area contributed by atoms with Crippen LogP contribution >= 0.6 is 0 Å². The molecule has 0 aromatic heterocycles. The van der Waals surface area contributed by atoms with Crippen LogP contribution in [0.25, 0.3) is 0 Å². The summed E-state index contributed by atoms with van der Waals surface area (Å²) < 4.78 is 6.42. The zero-order valence-corrected chi connectivity index (χ0v) is 12.3. The molecule has 0 bridgehead atoms. The largest absolute Gasteiger partial charge is 0.372 e. The molecule has 0 amide bonds. The van der Waals surface area contributed by atoms with Gasteiger partial charge in [-0.2, -0.15) is 0 Å². The van der Waals surface area contributed by atoms with Gasteiger partial charge in [-0.25, -0.2) is 0 Å². The maximum Gasteiger partial charge on any atom is 0.0845 e. The molecule has 18 heavy (non-hydrogen) atoms. The van der Waals surface area contributed by atoms with Crippen LogP contribution in [0, 0.1) is 17.3 Å². The standard InChI is InChI=1S/C16H29NO/c1-12-9-15(2,3)11-16(10-12)14(13-5-4-6-13)17-7-8-18-16/h12-14,17H,4-11H2,1-3H3. The van der Waals surface area contributed by atoms with Gasteiger partial charge in [-0.3, -0.25) is 0 Å². The van der Waals surface area contributed by atoms with Crippen molar-refractivity contribution in [1.82, 2.24) is 5.32 Å². The molecule has 2 heteroatoms. The maximum atomic E-state index is 6.42. The van der Waals surface area contributed by atoms with Crippen molar-refractivity contribution < 1.29 is 4.74 Å². The Balaban J connectivity index is 1.84. The van der Waals surface area contributed by atoms with Gasteiger partial charge in [-0.05, 0) is 49.4 Å². The summed E-state index contributed by atoms with van der Waals surface area (Å²) in [5.74, 6) is 1.68. The number of hydrogen-bond donors (Lipinski definition) is 1. The van der Waals surface area contributed by atoms with Gasteiger partial charge in [0, 0.05) is 12.6 Å². The number of nitrogens with one attached hydrogen (secondary N) is 1. The van der Waals surface area contributed by atoms with E-state index in [-0.39, 0.29) is 5.60 Å². The lowest BCUT2D eigenvalue weighted by molar-refractivity contribution is -0.166. The second kappa shape index (κ2) is 4.49. The van der Waals surface area contributed by atoms with Crippen LogP contribution in [0.4, 0.5) is 0 Å². The van der Waals surface area contributed by atoms with E-state index in [0.717, 1.165) is 25.0 Å². The van der Waals surface area contributed by atoms with Crippen molar-refractivity contribution >= 4 is 0 Å². The van der Waals surface area contributed by atoms with E-state index in [9.17, 15) is 0 Å². The van der Waals surface area contributed by atoms with E-state index in [0.29, 0.717) is 11.5 Å². The van der Waals surface area contributed by atoms with E-state index >= 15 is 0 Å². The molecule has 2 saturated carbocycles. The van der Waals surface area contributed by atoms with Gasteiger partial charge < -0.3 is 10.1 Å². The molecule has 0 aromatic rings. The van der Waals surface area contributed by atoms with E-state index < -0.39 is 0 Å². The van der Waals surface area contributed by atoms with E-state index in [2.05, 4.69) is 26.1 Å². The number of rotatable bonds is 1. The Hall–Kier alpha value is -0.0800. The topological polar surface area (TPSA) is 21.3 Å². The van der Waals surface area contributed by atoms with Crippen molar-refractivity contribution in [3.63, 3.8) is 0 Å². The molecular formula is C16H29NO. The van der Waals surface area contributed by atoms with Crippen molar-refractivity contribution in [2.24, 2.45) is 17.3 Å². The van der Waals surface area contributed by atoms with Gasteiger partial charge in [-0.15, -0.1) is 0 Å². The highest BCUT2D eigenvalue weighted by molar-refractivity contribution is 5.06. The minimum atomic E-state index is 0.143. The lowest BCUT2D eigenvalue weighted by Crippen LogP contribution is -2.65. The van der Waals surface area contributed by atoms with Crippen LogP contribution in [0.5, 0.6) is 0 Å². The predicted octanol–water partition coefficient (Wildman–Crippen LogP) is 3.36. The second-order valence-corrected chi connectivity index (χ2v) is 7.89. The molecule has 1 aliphatic heterocycles. The Labute approximate surface area is 112 Å². The third-order valence-corrected chi connectivity index (χ3v) is 5.42. The Morgan fingerprint density at radius 1 is 1.17 bits per heavy atom. The minimum absolute atomic E-state index is 0.143. The van der Waals surface area contributed by atoms with Crippen LogP contribution in [0.1, 0.15) is 59.3 Å². The Bertz CT molecular complexity index is 310. The SMILES string of the molecule is CC1CC(C)(C)CC2(C1)OCCNC2C1CCC1. The summed E-state index contributed by atoms with van der Waals surface area (Å²) in [7, 11) is 0. The maximum absolute atomic E-state index is 6.42. The van der Waals surface area contributed by atoms with Gasteiger partial charge in [0.25, 0.3) is 0 Å². The summed E-state index contributed by atoms with van der Waals surface area (Å²) in [4.78, 5) is 0. The first-order valence-electron chi connectivity index (χ1n) is 7.88. The molecule has 1 saturated heterocycles. The molecule has 0 aromatic carbocycles. The molecule has 3 aliphatic rings. The summed E-state index contributed by atoms with van der Waals surface area (Å²) in [5.41, 5.74) is 0.586. The fourth-order valence-electron chi connectivity index (χ4n) is 5.02. The third kappa shape index (κ3) is 2.22. The van der Waals surface area contributed by atoms with Gasteiger partial charge >= 0.3 is 0 Å². The van der Waals surface area contributed by atoms with Crippen LogP contribution < -0.4 is 5.32 Å². The van der Waals surface area contributed by atoms with Gasteiger partial charge in [0.1, 0.15) is 0 Å². The molecular weight excluding hydrogens is 222 g/mol. The lowest BCUT2D eigenvalue weighted by atomic mass is 9.59. The van der Waals surface area contributed by atoms with E-state index in [1.807, 2.05) is 0 Å². The average molecular weight is 251 g/mol. The fraction of sp³-hybridized carbons (Fsp3) is 1.00. The monoisotopic (exact) mass is 251 g/mol. The third-order valence-electron chi connectivity index (χ3n) is 5.42. The molecule has 3 rings (SSSR count). The van der Waals surface area contributed by atoms with E-state index in [1.54, 1.807) is 0 Å². The highest BCUT2D eigenvalue weighted by Gasteiger charge is 2.52. The molecule has 1 N–H and O–H groups in total.